The SMILES string of the molecule is CCOC(C#C/C=C1\C(Cl)=C[C@@H](O[Si](C)(C)C(C)(C)C)[C@@H]1O[Si](C)(C)C(C)(C)C)OCC. The van der Waals surface area contributed by atoms with E-state index in [0.717, 1.165) is 5.57 Å². The molecule has 0 spiro atoms. The summed E-state index contributed by atoms with van der Waals surface area (Å²) in [6.45, 7) is 27.4. The first-order valence-electron chi connectivity index (χ1n) is 11.6. The number of rotatable bonds is 8. The molecule has 2 atom stereocenters. The van der Waals surface area contributed by atoms with Crippen molar-refractivity contribution in [2.75, 3.05) is 13.2 Å². The summed E-state index contributed by atoms with van der Waals surface area (Å²) in [6, 6.07) is 0. The number of hydrogen-bond acceptors (Lipinski definition) is 4. The standard InChI is InChI=1S/C25H45ClO4Si2/c1-13-27-22(28-14-2)17-15-16-19-20(26)18-21(29-31(9,10)24(3,4)5)23(19)30-32(11,12)25(6,7)8/h16,18,21-23H,13-14H2,1-12H3/b19-16+/t21-,23-/m1/s1. The zero-order valence-electron chi connectivity index (χ0n) is 22.3. The zero-order chi connectivity index (χ0) is 25.0. The fourth-order valence-corrected chi connectivity index (χ4v) is 5.41. The molecule has 0 amide bonds. The average Bonchev–Trinajstić information content (AvgIpc) is 2.87. The molecule has 0 radical (unpaired) electrons. The van der Waals surface area contributed by atoms with E-state index in [1.165, 1.54) is 0 Å². The van der Waals surface area contributed by atoms with E-state index in [1.54, 1.807) is 0 Å². The van der Waals surface area contributed by atoms with E-state index >= 15 is 0 Å². The second kappa shape index (κ2) is 11.4. The summed E-state index contributed by atoms with van der Waals surface area (Å²) < 4.78 is 24.7. The number of allylic oxidation sites excluding steroid dienone is 1. The molecular formula is C25H45ClO4Si2. The fraction of sp³-hybridized carbons (Fsp3) is 0.760. The smallest absolute Gasteiger partial charge is 0.222 e. The molecule has 0 fully saturated rings. The van der Waals surface area contributed by atoms with Crippen LogP contribution in [0.5, 0.6) is 0 Å². The van der Waals surface area contributed by atoms with Crippen LogP contribution in [0.25, 0.3) is 0 Å². The Kier molecular flexibility index (Phi) is 10.5. The Morgan fingerprint density at radius 2 is 1.41 bits per heavy atom. The van der Waals surface area contributed by atoms with Crippen molar-refractivity contribution in [3.8, 4) is 11.8 Å². The van der Waals surface area contributed by atoms with Crippen LogP contribution in [-0.2, 0) is 18.3 Å². The second-order valence-electron chi connectivity index (χ2n) is 11.3. The Bertz CT molecular complexity index is 743. The summed E-state index contributed by atoms with van der Waals surface area (Å²) in [7, 11) is -4.12. The summed E-state index contributed by atoms with van der Waals surface area (Å²) >= 11 is 6.72. The first-order valence-corrected chi connectivity index (χ1v) is 17.8. The van der Waals surface area contributed by atoms with E-state index in [0.29, 0.717) is 18.2 Å². The van der Waals surface area contributed by atoms with E-state index < -0.39 is 22.9 Å². The van der Waals surface area contributed by atoms with Gasteiger partial charge in [-0.05, 0) is 68.2 Å². The molecule has 0 aromatic rings. The second-order valence-corrected chi connectivity index (χ2v) is 21.2. The Morgan fingerprint density at radius 1 is 0.938 bits per heavy atom. The lowest BCUT2D eigenvalue weighted by molar-refractivity contribution is -0.0969. The van der Waals surface area contributed by atoms with E-state index in [2.05, 4.69) is 79.6 Å². The normalized spacial score (nSPS) is 21.7. The molecule has 1 aliphatic rings. The summed E-state index contributed by atoms with van der Waals surface area (Å²) in [5.74, 6) is 6.14. The summed E-state index contributed by atoms with van der Waals surface area (Å²) in [5, 5.41) is 0.801. The highest BCUT2D eigenvalue weighted by Gasteiger charge is 2.47. The van der Waals surface area contributed by atoms with Crippen LogP contribution in [-0.4, -0.2) is 48.3 Å². The van der Waals surface area contributed by atoms with Gasteiger partial charge in [-0.2, -0.15) is 0 Å². The van der Waals surface area contributed by atoms with Crippen molar-refractivity contribution < 1.29 is 18.3 Å². The monoisotopic (exact) mass is 500 g/mol. The minimum absolute atomic E-state index is 0.0649. The van der Waals surface area contributed by atoms with Gasteiger partial charge < -0.3 is 18.3 Å². The Hall–Kier alpha value is -0.396. The minimum Gasteiger partial charge on any atom is -0.408 e. The number of halogens is 1. The highest BCUT2D eigenvalue weighted by atomic mass is 35.5. The third-order valence-corrected chi connectivity index (χ3v) is 16.0. The van der Waals surface area contributed by atoms with Gasteiger partial charge >= 0.3 is 0 Å². The molecule has 0 aliphatic heterocycles. The highest BCUT2D eigenvalue weighted by Crippen LogP contribution is 2.44. The van der Waals surface area contributed by atoms with Crippen molar-refractivity contribution in [1.29, 1.82) is 0 Å². The molecule has 0 heterocycles. The molecule has 0 aromatic carbocycles. The summed E-state index contributed by atoms with van der Waals surface area (Å²) in [5.41, 5.74) is 0.874. The van der Waals surface area contributed by atoms with Crippen LogP contribution in [0.2, 0.25) is 36.3 Å². The van der Waals surface area contributed by atoms with Crippen LogP contribution < -0.4 is 0 Å². The van der Waals surface area contributed by atoms with Crippen molar-refractivity contribution in [2.45, 2.75) is 110 Å². The van der Waals surface area contributed by atoms with Crippen molar-refractivity contribution >= 4 is 28.2 Å². The van der Waals surface area contributed by atoms with Crippen LogP contribution >= 0.6 is 11.6 Å². The maximum Gasteiger partial charge on any atom is 0.222 e. The lowest BCUT2D eigenvalue weighted by Crippen LogP contribution is -2.50. The van der Waals surface area contributed by atoms with Gasteiger partial charge in [-0.3, -0.25) is 0 Å². The average molecular weight is 501 g/mol. The van der Waals surface area contributed by atoms with Gasteiger partial charge in [0.1, 0.15) is 6.10 Å². The predicted octanol–water partition coefficient (Wildman–Crippen LogP) is 7.23. The van der Waals surface area contributed by atoms with Crippen LogP contribution in [0.3, 0.4) is 0 Å². The molecule has 0 unspecified atom stereocenters. The molecule has 0 saturated heterocycles. The Balaban J connectivity index is 3.35. The molecule has 1 aliphatic carbocycles. The van der Waals surface area contributed by atoms with E-state index in [-0.39, 0.29) is 22.3 Å². The molecule has 1 rings (SSSR count). The Morgan fingerprint density at radius 3 is 1.84 bits per heavy atom. The summed E-state index contributed by atoms with van der Waals surface area (Å²) in [4.78, 5) is 0. The predicted molar refractivity (Wildman–Crippen MR) is 141 cm³/mol. The molecule has 0 aromatic heterocycles. The van der Waals surface area contributed by atoms with Crippen LogP contribution in [0.15, 0.2) is 22.8 Å². The molecule has 4 nitrogen and oxygen atoms in total. The molecule has 0 N–H and O–H groups in total. The highest BCUT2D eigenvalue weighted by molar-refractivity contribution is 6.74. The molecule has 0 saturated carbocycles. The first-order chi connectivity index (χ1) is 14.5. The third-order valence-electron chi connectivity index (χ3n) is 6.72. The van der Waals surface area contributed by atoms with Crippen molar-refractivity contribution in [3.63, 3.8) is 0 Å². The number of hydrogen-bond donors (Lipinski definition) is 0. The maximum absolute atomic E-state index is 6.87. The van der Waals surface area contributed by atoms with Gasteiger partial charge in [0, 0.05) is 23.8 Å². The topological polar surface area (TPSA) is 36.9 Å². The van der Waals surface area contributed by atoms with E-state index in [1.807, 2.05) is 26.0 Å². The largest absolute Gasteiger partial charge is 0.408 e. The third kappa shape index (κ3) is 7.83. The van der Waals surface area contributed by atoms with Crippen LogP contribution in [0.1, 0.15) is 55.4 Å². The molecule has 184 valence electrons. The van der Waals surface area contributed by atoms with Gasteiger partial charge in [-0.25, -0.2) is 0 Å². The van der Waals surface area contributed by atoms with Crippen LogP contribution in [0.4, 0.5) is 0 Å². The minimum atomic E-state index is -2.09. The lowest BCUT2D eigenvalue weighted by atomic mass is 10.1. The van der Waals surface area contributed by atoms with Gasteiger partial charge in [0.05, 0.1) is 6.10 Å². The van der Waals surface area contributed by atoms with E-state index in [9.17, 15) is 0 Å². The van der Waals surface area contributed by atoms with Gasteiger partial charge in [-0.1, -0.05) is 59.1 Å². The van der Waals surface area contributed by atoms with Crippen molar-refractivity contribution in [3.05, 3.63) is 22.8 Å². The van der Waals surface area contributed by atoms with Gasteiger partial charge in [0.15, 0.2) is 16.6 Å². The fourth-order valence-electron chi connectivity index (χ4n) is 2.65. The first kappa shape index (κ1) is 29.6. The molecule has 7 heteroatoms. The molecule has 32 heavy (non-hydrogen) atoms. The Labute approximate surface area is 204 Å². The zero-order valence-corrected chi connectivity index (χ0v) is 25.1. The van der Waals surface area contributed by atoms with Crippen LogP contribution in [0, 0.1) is 11.8 Å². The lowest BCUT2D eigenvalue weighted by Gasteiger charge is -2.43. The molecular weight excluding hydrogens is 456 g/mol. The molecule has 0 bridgehead atoms. The van der Waals surface area contributed by atoms with Gasteiger partial charge in [0.2, 0.25) is 6.29 Å². The van der Waals surface area contributed by atoms with Gasteiger partial charge in [0.25, 0.3) is 0 Å². The summed E-state index contributed by atoms with van der Waals surface area (Å²) in [6.07, 6.45) is 2.79. The maximum atomic E-state index is 6.87. The quantitative estimate of drug-likeness (QED) is 0.200. The van der Waals surface area contributed by atoms with Crippen molar-refractivity contribution in [2.24, 2.45) is 0 Å². The van der Waals surface area contributed by atoms with Crippen molar-refractivity contribution in [1.82, 2.24) is 0 Å². The van der Waals surface area contributed by atoms with E-state index in [4.69, 9.17) is 29.9 Å². The van der Waals surface area contributed by atoms with Gasteiger partial charge in [-0.15, -0.1) is 0 Å². The number of ether oxygens (including phenoxy) is 2.